The molecule has 6 nitrogen and oxygen atoms in total. The molecule has 0 bridgehead atoms. The van der Waals surface area contributed by atoms with Crippen LogP contribution in [0.4, 0.5) is 0 Å². The number of hydrogen-bond acceptors (Lipinski definition) is 4. The van der Waals surface area contributed by atoms with E-state index in [0.717, 1.165) is 57.3 Å². The van der Waals surface area contributed by atoms with Crippen LogP contribution < -0.4 is 5.32 Å². The molecular weight excluding hydrogens is 393 g/mol. The molecule has 1 aliphatic rings. The number of halogens is 1. The molecule has 0 saturated carbocycles. The molecule has 1 N–H and O–H groups in total. The van der Waals surface area contributed by atoms with E-state index in [9.17, 15) is 0 Å². The molecule has 0 amide bonds. The van der Waals surface area contributed by atoms with Crippen LogP contribution in [-0.4, -0.2) is 60.7 Å². The van der Waals surface area contributed by atoms with Crippen LogP contribution in [0, 0.1) is 0 Å². The Morgan fingerprint density at radius 1 is 1.41 bits per heavy atom. The van der Waals surface area contributed by atoms with Crippen LogP contribution in [0.15, 0.2) is 34.0 Å². The molecule has 7 heteroatoms. The fourth-order valence-electron chi connectivity index (χ4n) is 2.43. The van der Waals surface area contributed by atoms with Crippen molar-refractivity contribution in [2.75, 3.05) is 39.8 Å². The van der Waals surface area contributed by atoms with Gasteiger partial charge in [0, 0.05) is 52.4 Å². The molecule has 0 aromatic carbocycles. The Labute approximate surface area is 149 Å². The number of hydrogen-bond donors (Lipinski definition) is 1. The molecule has 1 saturated heterocycles. The zero-order valence-corrected chi connectivity index (χ0v) is 15.7. The molecule has 22 heavy (non-hydrogen) atoms. The van der Waals surface area contributed by atoms with Crippen molar-refractivity contribution in [3.05, 3.63) is 30.2 Å². The highest BCUT2D eigenvalue weighted by Gasteiger charge is 2.19. The second-order valence-electron chi connectivity index (χ2n) is 5.09. The summed E-state index contributed by atoms with van der Waals surface area (Å²) in [4.78, 5) is 9.08. The Balaban J connectivity index is 0.00000242. The van der Waals surface area contributed by atoms with Crippen molar-refractivity contribution in [1.82, 2.24) is 20.3 Å². The summed E-state index contributed by atoms with van der Waals surface area (Å²) in [6.45, 7) is 7.84. The average molecular weight is 419 g/mol. The lowest BCUT2D eigenvalue weighted by molar-refractivity contribution is 0.169. The van der Waals surface area contributed by atoms with Crippen molar-refractivity contribution in [3.8, 4) is 0 Å². The molecule has 1 aliphatic heterocycles. The molecule has 1 aromatic heterocycles. The van der Waals surface area contributed by atoms with E-state index < -0.39 is 0 Å². The van der Waals surface area contributed by atoms with Crippen LogP contribution in [0.25, 0.3) is 0 Å². The van der Waals surface area contributed by atoms with Gasteiger partial charge in [0.2, 0.25) is 0 Å². The fraction of sp³-hybridized carbons (Fsp3) is 0.600. The van der Waals surface area contributed by atoms with Crippen molar-refractivity contribution in [3.63, 3.8) is 0 Å². The lowest BCUT2D eigenvalue weighted by atomic mass is 10.3. The van der Waals surface area contributed by atoms with Crippen molar-refractivity contribution in [1.29, 1.82) is 0 Å². The lowest BCUT2D eigenvalue weighted by Crippen LogP contribution is -2.52. The smallest absolute Gasteiger partial charge is 0.193 e. The number of nitrogens with zero attached hydrogens (tertiary/aromatic N) is 4. The van der Waals surface area contributed by atoms with Gasteiger partial charge in [0.05, 0.1) is 5.69 Å². The molecule has 2 rings (SSSR count). The summed E-state index contributed by atoms with van der Waals surface area (Å²) in [6.07, 6.45) is 6.90. The largest absolute Gasteiger partial charge is 0.364 e. The van der Waals surface area contributed by atoms with Gasteiger partial charge < -0.3 is 14.7 Å². The Morgan fingerprint density at radius 3 is 2.77 bits per heavy atom. The quantitative estimate of drug-likeness (QED) is 0.260. The van der Waals surface area contributed by atoms with E-state index in [-0.39, 0.29) is 24.0 Å². The number of aromatic nitrogens is 1. The van der Waals surface area contributed by atoms with E-state index in [1.807, 2.05) is 20.0 Å². The fourth-order valence-corrected chi connectivity index (χ4v) is 2.43. The number of allylic oxidation sites excluding steroid dienone is 1. The molecule has 0 aliphatic carbocycles. The van der Waals surface area contributed by atoms with E-state index in [1.165, 1.54) is 0 Å². The molecule has 0 atom stereocenters. The molecule has 0 spiro atoms. The van der Waals surface area contributed by atoms with Gasteiger partial charge in [-0.25, -0.2) is 0 Å². The Bertz CT molecular complexity index is 453. The lowest BCUT2D eigenvalue weighted by Gasteiger charge is -2.36. The summed E-state index contributed by atoms with van der Waals surface area (Å²) < 4.78 is 4.88. The third-order valence-electron chi connectivity index (χ3n) is 3.59. The van der Waals surface area contributed by atoms with Crippen LogP contribution in [-0.2, 0) is 6.54 Å². The van der Waals surface area contributed by atoms with Gasteiger partial charge in [0.15, 0.2) is 5.96 Å². The van der Waals surface area contributed by atoms with Gasteiger partial charge in [-0.05, 0) is 13.3 Å². The highest BCUT2D eigenvalue weighted by atomic mass is 127. The third-order valence-corrected chi connectivity index (χ3v) is 3.59. The second kappa shape index (κ2) is 10.6. The van der Waals surface area contributed by atoms with Crippen LogP contribution in [0.2, 0.25) is 0 Å². The minimum atomic E-state index is 0. The number of aliphatic imine (C=N–C) groups is 1. The molecular formula is C15H26IN5O. The van der Waals surface area contributed by atoms with Crippen molar-refractivity contribution in [2.24, 2.45) is 4.99 Å². The van der Waals surface area contributed by atoms with Crippen LogP contribution >= 0.6 is 24.0 Å². The Hall–Kier alpha value is -1.09. The Morgan fingerprint density at radius 2 is 2.18 bits per heavy atom. The number of rotatable bonds is 5. The van der Waals surface area contributed by atoms with E-state index in [4.69, 9.17) is 4.52 Å². The summed E-state index contributed by atoms with van der Waals surface area (Å²) in [6, 6.07) is 1.92. The first kappa shape index (κ1) is 19.0. The maximum absolute atomic E-state index is 4.88. The highest BCUT2D eigenvalue weighted by Crippen LogP contribution is 2.07. The van der Waals surface area contributed by atoms with Gasteiger partial charge in [-0.3, -0.25) is 9.89 Å². The van der Waals surface area contributed by atoms with E-state index in [1.54, 1.807) is 6.26 Å². The SMILES string of the molecule is C/C=C/CCNC(=NC)N1CCN(Cc2ccon2)CC1.I. The maximum Gasteiger partial charge on any atom is 0.193 e. The van der Waals surface area contributed by atoms with Crippen molar-refractivity contribution in [2.45, 2.75) is 19.9 Å². The summed E-state index contributed by atoms with van der Waals surface area (Å²) in [5.74, 6) is 1.00. The standard InChI is InChI=1S/C15H25N5O.HI/c1-3-4-5-7-17-15(16-2)20-10-8-19(9-11-20)13-14-6-12-21-18-14;/h3-4,6,12H,5,7-11,13H2,1-2H3,(H,16,17);1H/b4-3+;. The molecule has 124 valence electrons. The van der Waals surface area contributed by atoms with E-state index in [2.05, 4.69) is 37.4 Å². The number of piperazine rings is 1. The molecule has 1 aromatic rings. The first-order chi connectivity index (χ1) is 10.3. The maximum atomic E-state index is 4.88. The van der Waals surface area contributed by atoms with Gasteiger partial charge in [-0.2, -0.15) is 0 Å². The topological polar surface area (TPSA) is 56.9 Å². The van der Waals surface area contributed by atoms with E-state index >= 15 is 0 Å². The van der Waals surface area contributed by atoms with Crippen LogP contribution in [0.3, 0.4) is 0 Å². The van der Waals surface area contributed by atoms with Crippen molar-refractivity contribution < 1.29 is 4.52 Å². The predicted octanol–water partition coefficient (Wildman–Crippen LogP) is 1.95. The second-order valence-corrected chi connectivity index (χ2v) is 5.09. The van der Waals surface area contributed by atoms with E-state index in [0.29, 0.717) is 0 Å². The summed E-state index contributed by atoms with van der Waals surface area (Å²) in [5.41, 5.74) is 0.998. The average Bonchev–Trinajstić information content (AvgIpc) is 3.02. The van der Waals surface area contributed by atoms with Gasteiger partial charge in [-0.15, -0.1) is 24.0 Å². The van der Waals surface area contributed by atoms with Gasteiger partial charge >= 0.3 is 0 Å². The monoisotopic (exact) mass is 419 g/mol. The first-order valence-corrected chi connectivity index (χ1v) is 7.52. The summed E-state index contributed by atoms with van der Waals surface area (Å²) >= 11 is 0. The molecule has 0 radical (unpaired) electrons. The predicted molar refractivity (Wildman–Crippen MR) is 99.6 cm³/mol. The summed E-state index contributed by atoms with van der Waals surface area (Å²) in [5, 5.41) is 7.38. The molecule has 1 fully saturated rings. The number of nitrogens with one attached hydrogen (secondary N) is 1. The molecule has 2 heterocycles. The first-order valence-electron chi connectivity index (χ1n) is 7.52. The van der Waals surface area contributed by atoms with Gasteiger partial charge in [-0.1, -0.05) is 17.3 Å². The molecule has 0 unspecified atom stereocenters. The van der Waals surface area contributed by atoms with Crippen LogP contribution in [0.5, 0.6) is 0 Å². The van der Waals surface area contributed by atoms with Crippen LogP contribution in [0.1, 0.15) is 19.0 Å². The zero-order chi connectivity index (χ0) is 14.9. The van der Waals surface area contributed by atoms with Crippen molar-refractivity contribution >= 4 is 29.9 Å². The van der Waals surface area contributed by atoms with Gasteiger partial charge in [0.1, 0.15) is 6.26 Å². The zero-order valence-electron chi connectivity index (χ0n) is 13.4. The third kappa shape index (κ3) is 5.96. The van der Waals surface area contributed by atoms with Gasteiger partial charge in [0.25, 0.3) is 0 Å². The normalized spacial score (nSPS) is 16.8. The Kier molecular flexibility index (Phi) is 9.14. The minimum Gasteiger partial charge on any atom is -0.364 e. The summed E-state index contributed by atoms with van der Waals surface area (Å²) in [7, 11) is 1.85. The minimum absolute atomic E-state index is 0. The number of guanidine groups is 1. The highest BCUT2D eigenvalue weighted by molar-refractivity contribution is 14.0.